The molecule has 0 amide bonds. The van der Waals surface area contributed by atoms with E-state index in [2.05, 4.69) is 126 Å². The van der Waals surface area contributed by atoms with E-state index in [4.69, 9.17) is 13.8 Å². The Balaban J connectivity index is 1.19. The maximum atomic E-state index is 6.36. The summed E-state index contributed by atoms with van der Waals surface area (Å²) in [5, 5.41) is 2.00. The van der Waals surface area contributed by atoms with Crippen LogP contribution in [-0.2, 0) is 0 Å². The number of rotatable bonds is 6. The Morgan fingerprint density at radius 3 is 1.66 bits per heavy atom. The summed E-state index contributed by atoms with van der Waals surface area (Å²) in [7, 11) is 0. The van der Waals surface area contributed by atoms with Crippen molar-refractivity contribution in [3.8, 4) is 33.7 Å². The molecule has 0 aliphatic rings. The maximum absolute atomic E-state index is 6.36. The Kier molecular flexibility index (Phi) is 6.43. The molecule has 0 bridgehead atoms. The van der Waals surface area contributed by atoms with Gasteiger partial charge in [0.15, 0.2) is 5.58 Å². The van der Waals surface area contributed by atoms with Crippen LogP contribution in [0, 0.1) is 0 Å². The lowest BCUT2D eigenvalue weighted by molar-refractivity contribution is 0.620. The standard InChI is InChI=1S/C43H28N2O2/c1-4-11-29(12-5-1)31-19-21-34(22-20-31)45(35-18-10-17-33(25-35)30-13-6-2-7-14-30)36-23-24-40-37(26-36)38-27-42-39(28-41(38)46-40)44-43(47-42)32-15-8-3-9-16-32/h1-28H. The van der Waals surface area contributed by atoms with Crippen LogP contribution in [0.5, 0.6) is 0 Å². The first-order chi connectivity index (χ1) is 23.3. The molecule has 9 rings (SSSR count). The van der Waals surface area contributed by atoms with E-state index in [1.807, 2.05) is 48.5 Å². The maximum Gasteiger partial charge on any atom is 0.227 e. The summed E-state index contributed by atoms with van der Waals surface area (Å²) in [6, 6.07) is 58.8. The highest BCUT2D eigenvalue weighted by Gasteiger charge is 2.18. The Labute approximate surface area is 271 Å². The molecular formula is C43H28N2O2. The van der Waals surface area contributed by atoms with Gasteiger partial charge in [-0.25, -0.2) is 4.98 Å². The number of anilines is 3. The first-order valence-electron chi connectivity index (χ1n) is 15.7. The fourth-order valence-corrected chi connectivity index (χ4v) is 6.36. The average molecular weight is 605 g/mol. The number of fused-ring (bicyclic) bond motifs is 4. The van der Waals surface area contributed by atoms with Gasteiger partial charge in [-0.15, -0.1) is 0 Å². The number of hydrogen-bond donors (Lipinski definition) is 0. The molecule has 0 aliphatic carbocycles. The van der Waals surface area contributed by atoms with E-state index in [0.29, 0.717) is 5.89 Å². The topological polar surface area (TPSA) is 42.4 Å². The largest absolute Gasteiger partial charge is 0.456 e. The normalized spacial score (nSPS) is 11.4. The molecule has 2 aromatic heterocycles. The van der Waals surface area contributed by atoms with Crippen LogP contribution in [0.15, 0.2) is 179 Å². The van der Waals surface area contributed by atoms with Crippen LogP contribution < -0.4 is 4.90 Å². The number of benzene rings is 7. The van der Waals surface area contributed by atoms with Gasteiger partial charge in [-0.1, -0.05) is 103 Å². The van der Waals surface area contributed by atoms with Crippen molar-refractivity contribution >= 4 is 50.1 Å². The number of nitrogens with zero attached hydrogens (tertiary/aromatic N) is 2. The van der Waals surface area contributed by atoms with Crippen LogP contribution in [0.2, 0.25) is 0 Å². The van der Waals surface area contributed by atoms with Gasteiger partial charge >= 0.3 is 0 Å². The summed E-state index contributed by atoms with van der Waals surface area (Å²) in [5.41, 5.74) is 11.9. The minimum absolute atomic E-state index is 0.599. The molecule has 0 saturated carbocycles. The number of oxazole rings is 1. The average Bonchev–Trinajstić information content (AvgIpc) is 3.73. The number of furan rings is 1. The van der Waals surface area contributed by atoms with Crippen LogP contribution in [0.4, 0.5) is 17.1 Å². The third-order valence-corrected chi connectivity index (χ3v) is 8.69. The van der Waals surface area contributed by atoms with Gasteiger partial charge in [-0.05, 0) is 82.9 Å². The highest BCUT2D eigenvalue weighted by Crippen LogP contribution is 2.41. The molecule has 0 unspecified atom stereocenters. The molecule has 0 fully saturated rings. The van der Waals surface area contributed by atoms with Crippen molar-refractivity contribution in [1.29, 1.82) is 0 Å². The molecule has 222 valence electrons. The van der Waals surface area contributed by atoms with Crippen LogP contribution in [0.3, 0.4) is 0 Å². The highest BCUT2D eigenvalue weighted by atomic mass is 16.4. The van der Waals surface area contributed by atoms with Crippen molar-refractivity contribution in [2.75, 3.05) is 4.90 Å². The zero-order valence-electron chi connectivity index (χ0n) is 25.4. The fraction of sp³-hybridized carbons (Fsp3) is 0. The van der Waals surface area contributed by atoms with Crippen LogP contribution in [0.1, 0.15) is 0 Å². The lowest BCUT2D eigenvalue weighted by Crippen LogP contribution is -2.10. The quantitative estimate of drug-likeness (QED) is 0.189. The van der Waals surface area contributed by atoms with Gasteiger partial charge < -0.3 is 13.7 Å². The second-order valence-corrected chi connectivity index (χ2v) is 11.6. The highest BCUT2D eigenvalue weighted by molar-refractivity contribution is 6.10. The summed E-state index contributed by atoms with van der Waals surface area (Å²) < 4.78 is 12.6. The molecular weight excluding hydrogens is 576 g/mol. The molecule has 47 heavy (non-hydrogen) atoms. The van der Waals surface area contributed by atoms with E-state index in [-0.39, 0.29) is 0 Å². The molecule has 0 atom stereocenters. The Morgan fingerprint density at radius 1 is 0.362 bits per heavy atom. The molecule has 4 nitrogen and oxygen atoms in total. The lowest BCUT2D eigenvalue weighted by atomic mass is 10.0. The van der Waals surface area contributed by atoms with Crippen molar-refractivity contribution in [2.45, 2.75) is 0 Å². The lowest BCUT2D eigenvalue weighted by Gasteiger charge is -2.26. The Bertz CT molecular complexity index is 2500. The molecule has 7 aromatic carbocycles. The zero-order valence-corrected chi connectivity index (χ0v) is 25.4. The van der Waals surface area contributed by atoms with Crippen LogP contribution >= 0.6 is 0 Å². The summed E-state index contributed by atoms with van der Waals surface area (Å²) in [4.78, 5) is 7.06. The van der Waals surface area contributed by atoms with Crippen molar-refractivity contribution in [3.05, 3.63) is 170 Å². The van der Waals surface area contributed by atoms with Crippen molar-refractivity contribution < 1.29 is 8.83 Å². The third-order valence-electron chi connectivity index (χ3n) is 8.69. The van der Waals surface area contributed by atoms with E-state index < -0.39 is 0 Å². The summed E-state index contributed by atoms with van der Waals surface area (Å²) >= 11 is 0. The predicted molar refractivity (Wildman–Crippen MR) is 192 cm³/mol. The van der Waals surface area contributed by atoms with Gasteiger partial charge in [-0.2, -0.15) is 0 Å². The molecule has 4 heteroatoms. The van der Waals surface area contributed by atoms with Crippen molar-refractivity contribution in [2.24, 2.45) is 0 Å². The predicted octanol–water partition coefficient (Wildman–Crippen LogP) is 12.2. The Morgan fingerprint density at radius 2 is 0.936 bits per heavy atom. The molecule has 0 saturated heterocycles. The smallest absolute Gasteiger partial charge is 0.227 e. The third kappa shape index (κ3) is 4.93. The van der Waals surface area contributed by atoms with Gasteiger partial charge in [-0.3, -0.25) is 0 Å². The van der Waals surface area contributed by atoms with E-state index >= 15 is 0 Å². The van der Waals surface area contributed by atoms with E-state index in [0.717, 1.165) is 61.2 Å². The number of hydrogen-bond acceptors (Lipinski definition) is 4. The summed E-state index contributed by atoms with van der Waals surface area (Å²) in [5.74, 6) is 0.599. The first kappa shape index (κ1) is 27.0. The Hall–Kier alpha value is -6.39. The molecule has 0 aliphatic heterocycles. The van der Waals surface area contributed by atoms with E-state index in [1.165, 1.54) is 16.7 Å². The number of aromatic nitrogens is 1. The second-order valence-electron chi connectivity index (χ2n) is 11.6. The fourth-order valence-electron chi connectivity index (χ4n) is 6.36. The van der Waals surface area contributed by atoms with Crippen molar-refractivity contribution in [1.82, 2.24) is 4.98 Å². The first-order valence-corrected chi connectivity index (χ1v) is 15.7. The van der Waals surface area contributed by atoms with Gasteiger partial charge in [0.05, 0.1) is 0 Å². The van der Waals surface area contributed by atoms with E-state index in [9.17, 15) is 0 Å². The minimum Gasteiger partial charge on any atom is -0.456 e. The monoisotopic (exact) mass is 604 g/mol. The van der Waals surface area contributed by atoms with Gasteiger partial charge in [0.2, 0.25) is 5.89 Å². The summed E-state index contributed by atoms with van der Waals surface area (Å²) in [6.45, 7) is 0. The van der Waals surface area contributed by atoms with Gasteiger partial charge in [0.25, 0.3) is 0 Å². The second kappa shape index (κ2) is 11.2. The zero-order chi connectivity index (χ0) is 31.2. The van der Waals surface area contributed by atoms with Gasteiger partial charge in [0.1, 0.15) is 16.7 Å². The molecule has 0 spiro atoms. The van der Waals surface area contributed by atoms with Crippen molar-refractivity contribution in [3.63, 3.8) is 0 Å². The van der Waals surface area contributed by atoms with Crippen LogP contribution in [0.25, 0.3) is 66.7 Å². The molecule has 2 heterocycles. The summed E-state index contributed by atoms with van der Waals surface area (Å²) in [6.07, 6.45) is 0. The van der Waals surface area contributed by atoms with E-state index in [1.54, 1.807) is 0 Å². The minimum atomic E-state index is 0.599. The molecule has 0 radical (unpaired) electrons. The van der Waals surface area contributed by atoms with Gasteiger partial charge in [0, 0.05) is 39.5 Å². The molecule has 9 aromatic rings. The van der Waals surface area contributed by atoms with Crippen LogP contribution in [-0.4, -0.2) is 4.98 Å². The SMILES string of the molecule is c1ccc(-c2ccc(N(c3cccc(-c4ccccc4)c3)c3ccc4oc5cc6nc(-c7ccccc7)oc6cc5c4c3)cc2)cc1. The molecule has 0 N–H and O–H groups in total.